The number of hydrogen-bond acceptors (Lipinski definition) is 6. The molecule has 0 N–H and O–H groups in total. The van der Waals surface area contributed by atoms with Crippen LogP contribution in [0.25, 0.3) is 0 Å². The Morgan fingerprint density at radius 3 is 2.33 bits per heavy atom. The molecule has 7 heteroatoms. The largest absolute Gasteiger partial charge is 0.496 e. The van der Waals surface area contributed by atoms with Gasteiger partial charge in [0.25, 0.3) is 0 Å². The van der Waals surface area contributed by atoms with Crippen LogP contribution in [0.5, 0.6) is 17.2 Å². The first-order valence-electron chi connectivity index (χ1n) is 9.58. The third-order valence-corrected chi connectivity index (χ3v) is 5.49. The van der Waals surface area contributed by atoms with E-state index in [0.29, 0.717) is 34.1 Å². The predicted molar refractivity (Wildman–Crippen MR) is 110 cm³/mol. The number of aryl methyl sites for hydroxylation is 1. The Kier molecular flexibility index (Phi) is 5.11. The summed E-state index contributed by atoms with van der Waals surface area (Å²) in [5.74, 6) is 0.482. The Morgan fingerprint density at radius 2 is 1.67 bits per heavy atom. The van der Waals surface area contributed by atoms with Crippen LogP contribution in [0.1, 0.15) is 23.5 Å². The lowest BCUT2D eigenvalue weighted by molar-refractivity contribution is -0.136. The first-order chi connectivity index (χ1) is 14.5. The van der Waals surface area contributed by atoms with Crippen molar-refractivity contribution in [3.63, 3.8) is 0 Å². The molecule has 0 saturated heterocycles. The zero-order chi connectivity index (χ0) is 21.4. The van der Waals surface area contributed by atoms with Crippen LogP contribution >= 0.6 is 0 Å². The highest BCUT2D eigenvalue weighted by molar-refractivity contribution is 6.06. The molecule has 0 bridgehead atoms. The van der Waals surface area contributed by atoms with Crippen LogP contribution in [-0.2, 0) is 14.3 Å². The maximum Gasteiger partial charge on any atom is 0.336 e. The van der Waals surface area contributed by atoms with E-state index in [4.69, 9.17) is 18.9 Å². The lowest BCUT2D eigenvalue weighted by Gasteiger charge is -2.32. The number of methoxy groups -OCH3 is 3. The quantitative estimate of drug-likeness (QED) is 0.705. The number of esters is 1. The molecule has 2 heterocycles. The van der Waals surface area contributed by atoms with Crippen LogP contribution in [0.2, 0.25) is 0 Å². The fraction of sp³-hybridized carbons (Fsp3) is 0.304. The summed E-state index contributed by atoms with van der Waals surface area (Å²) in [5, 5.41) is 0. The molecule has 4 rings (SSSR count). The Balaban J connectivity index is 1.87. The molecule has 156 valence electrons. The highest BCUT2D eigenvalue weighted by atomic mass is 16.5. The smallest absolute Gasteiger partial charge is 0.336 e. The van der Waals surface area contributed by atoms with Gasteiger partial charge >= 0.3 is 5.97 Å². The van der Waals surface area contributed by atoms with E-state index in [1.807, 2.05) is 31.2 Å². The van der Waals surface area contributed by atoms with Crippen LogP contribution in [0.3, 0.4) is 0 Å². The summed E-state index contributed by atoms with van der Waals surface area (Å²) in [6.45, 7) is 2.01. The number of amides is 1. The number of rotatable bonds is 5. The van der Waals surface area contributed by atoms with Gasteiger partial charge < -0.3 is 18.9 Å². The van der Waals surface area contributed by atoms with Crippen LogP contribution in [0, 0.1) is 6.92 Å². The highest BCUT2D eigenvalue weighted by Crippen LogP contribution is 2.47. The van der Waals surface area contributed by atoms with Gasteiger partial charge in [0.15, 0.2) is 11.5 Å². The van der Waals surface area contributed by atoms with Gasteiger partial charge in [-0.05, 0) is 30.7 Å². The van der Waals surface area contributed by atoms with E-state index in [2.05, 4.69) is 0 Å². The van der Waals surface area contributed by atoms with Crippen LogP contribution in [0.4, 0.5) is 5.69 Å². The molecule has 0 aliphatic carbocycles. The molecule has 7 nitrogen and oxygen atoms in total. The average molecular weight is 409 g/mol. The van der Waals surface area contributed by atoms with E-state index in [1.165, 1.54) is 21.3 Å². The molecule has 0 fully saturated rings. The molecule has 2 aliphatic heterocycles. The number of ether oxygens (including phenoxy) is 4. The Morgan fingerprint density at radius 1 is 0.967 bits per heavy atom. The van der Waals surface area contributed by atoms with Gasteiger partial charge in [0.2, 0.25) is 5.91 Å². The molecule has 1 atom stereocenters. The van der Waals surface area contributed by atoms with Gasteiger partial charge in [-0.1, -0.05) is 12.1 Å². The fourth-order valence-electron chi connectivity index (χ4n) is 4.11. The molecule has 0 saturated carbocycles. The minimum absolute atomic E-state index is 0.0555. The van der Waals surface area contributed by atoms with Crippen molar-refractivity contribution in [2.24, 2.45) is 0 Å². The second-order valence-corrected chi connectivity index (χ2v) is 7.21. The van der Waals surface area contributed by atoms with Crippen molar-refractivity contribution >= 4 is 17.6 Å². The summed E-state index contributed by atoms with van der Waals surface area (Å²) in [5.41, 5.74) is 3.48. The molecular formula is C23H23NO6. The summed E-state index contributed by atoms with van der Waals surface area (Å²) in [6.07, 6.45) is 0.105. The Hall–Kier alpha value is -3.48. The minimum atomic E-state index is -0.502. The second-order valence-electron chi connectivity index (χ2n) is 7.21. The topological polar surface area (TPSA) is 74.3 Å². The third-order valence-electron chi connectivity index (χ3n) is 5.49. The lowest BCUT2D eigenvalue weighted by Crippen LogP contribution is -2.37. The zero-order valence-electron chi connectivity index (χ0n) is 17.4. The van der Waals surface area contributed by atoms with Crippen LogP contribution < -0.4 is 19.1 Å². The molecule has 0 aromatic heterocycles. The van der Waals surface area contributed by atoms with Gasteiger partial charge in [0.05, 0.1) is 32.6 Å². The van der Waals surface area contributed by atoms with Gasteiger partial charge in [-0.3, -0.25) is 9.69 Å². The maximum atomic E-state index is 13.2. The predicted octanol–water partition coefficient (Wildman–Crippen LogP) is 3.35. The van der Waals surface area contributed by atoms with Crippen LogP contribution in [-0.4, -0.2) is 39.8 Å². The van der Waals surface area contributed by atoms with E-state index in [0.717, 1.165) is 11.3 Å². The summed E-state index contributed by atoms with van der Waals surface area (Å²) in [6, 6.07) is 11.1. The first kappa shape index (κ1) is 19.8. The minimum Gasteiger partial charge on any atom is -0.496 e. The zero-order valence-corrected chi connectivity index (χ0v) is 17.4. The monoisotopic (exact) mass is 409 g/mol. The van der Waals surface area contributed by atoms with Crippen molar-refractivity contribution in [1.82, 2.24) is 0 Å². The number of benzene rings is 2. The standard InChI is InChI=1S/C23H23NO6/c1-13-6-5-7-14(8-13)24-17-12-30-23(26)22(17)16(10-21(24)25)15-9-19(28-3)20(29-4)11-18(15)27-2/h5-9,11,16H,10,12H2,1-4H3/t16-/m0/s1. The van der Waals surface area contributed by atoms with Gasteiger partial charge in [0, 0.05) is 29.7 Å². The van der Waals surface area contributed by atoms with Crippen molar-refractivity contribution in [3.8, 4) is 17.2 Å². The van der Waals surface area contributed by atoms with E-state index in [1.54, 1.807) is 17.0 Å². The molecular weight excluding hydrogens is 386 g/mol. The molecule has 2 aromatic carbocycles. The maximum absolute atomic E-state index is 13.2. The molecule has 30 heavy (non-hydrogen) atoms. The van der Waals surface area contributed by atoms with Gasteiger partial charge in [-0.2, -0.15) is 0 Å². The normalized spacial score (nSPS) is 18.3. The Labute approximate surface area is 174 Å². The molecule has 2 aromatic rings. The average Bonchev–Trinajstić information content (AvgIpc) is 3.13. The van der Waals surface area contributed by atoms with E-state index >= 15 is 0 Å². The summed E-state index contributed by atoms with van der Waals surface area (Å²) in [7, 11) is 4.61. The van der Waals surface area contributed by atoms with Crippen molar-refractivity contribution in [2.45, 2.75) is 19.3 Å². The second kappa shape index (κ2) is 7.74. The van der Waals surface area contributed by atoms with Gasteiger partial charge in [-0.25, -0.2) is 4.79 Å². The molecule has 0 radical (unpaired) electrons. The first-order valence-corrected chi connectivity index (χ1v) is 9.58. The van der Waals surface area contributed by atoms with Crippen molar-refractivity contribution < 1.29 is 28.5 Å². The van der Waals surface area contributed by atoms with Crippen molar-refractivity contribution in [3.05, 3.63) is 58.8 Å². The van der Waals surface area contributed by atoms with Crippen LogP contribution in [0.15, 0.2) is 47.7 Å². The molecule has 1 amide bonds. The van der Waals surface area contributed by atoms with E-state index in [-0.39, 0.29) is 18.9 Å². The van der Waals surface area contributed by atoms with Crippen molar-refractivity contribution in [2.75, 3.05) is 32.8 Å². The molecule has 0 unspecified atom stereocenters. The SMILES string of the molecule is COc1cc(OC)c([C@@H]2CC(=O)N(c3cccc(C)c3)C3=C2C(=O)OC3)cc1OC. The summed E-state index contributed by atoms with van der Waals surface area (Å²) < 4.78 is 21.7. The van der Waals surface area contributed by atoms with Gasteiger partial charge in [0.1, 0.15) is 12.4 Å². The van der Waals surface area contributed by atoms with Crippen molar-refractivity contribution in [1.29, 1.82) is 0 Å². The van der Waals surface area contributed by atoms with E-state index < -0.39 is 11.9 Å². The lowest BCUT2D eigenvalue weighted by atomic mass is 9.83. The number of hydrogen-bond donors (Lipinski definition) is 0. The number of cyclic esters (lactones) is 1. The number of anilines is 1. The van der Waals surface area contributed by atoms with Gasteiger partial charge in [-0.15, -0.1) is 0 Å². The molecule has 2 aliphatic rings. The highest BCUT2D eigenvalue weighted by Gasteiger charge is 2.44. The number of carbonyl (C=O) groups is 2. The number of carbonyl (C=O) groups excluding carboxylic acids is 2. The number of nitrogens with zero attached hydrogens (tertiary/aromatic N) is 1. The summed E-state index contributed by atoms with van der Waals surface area (Å²) >= 11 is 0. The molecule has 0 spiro atoms. The third kappa shape index (κ3) is 3.16. The summed E-state index contributed by atoms with van der Waals surface area (Å²) in [4.78, 5) is 27.5. The van der Waals surface area contributed by atoms with E-state index in [9.17, 15) is 9.59 Å². The fourth-order valence-corrected chi connectivity index (χ4v) is 4.11. The Bertz CT molecular complexity index is 1060.